The zero-order valence-electron chi connectivity index (χ0n) is 14.9. The van der Waals surface area contributed by atoms with Gasteiger partial charge < -0.3 is 9.80 Å². The first kappa shape index (κ1) is 17.6. The monoisotopic (exact) mass is 379 g/mol. The van der Waals surface area contributed by atoms with Crippen LogP contribution in [-0.4, -0.2) is 62.1 Å². The summed E-state index contributed by atoms with van der Waals surface area (Å²) < 4.78 is 1.46. The average Bonchev–Trinajstić information content (AvgIpc) is 3.28. The second-order valence-electron chi connectivity index (χ2n) is 6.30. The van der Waals surface area contributed by atoms with E-state index in [0.717, 1.165) is 0 Å². The van der Waals surface area contributed by atoms with Gasteiger partial charge in [0, 0.05) is 32.2 Å². The molecule has 0 aliphatic carbocycles. The number of hydrogen-bond acceptors (Lipinski definition) is 7. The van der Waals surface area contributed by atoms with Gasteiger partial charge in [0.15, 0.2) is 0 Å². The highest BCUT2D eigenvalue weighted by molar-refractivity contribution is 5.97. The molecule has 1 aromatic heterocycles. The van der Waals surface area contributed by atoms with E-state index in [4.69, 9.17) is 0 Å². The lowest BCUT2D eigenvalue weighted by Crippen LogP contribution is -2.49. The number of carbonyl (C=O) groups excluding carboxylic acids is 1. The predicted molar refractivity (Wildman–Crippen MR) is 100 cm³/mol. The van der Waals surface area contributed by atoms with Crippen molar-refractivity contribution >= 4 is 17.3 Å². The van der Waals surface area contributed by atoms with Gasteiger partial charge in [-0.3, -0.25) is 14.9 Å². The first-order valence-corrected chi connectivity index (χ1v) is 8.75. The van der Waals surface area contributed by atoms with E-state index in [1.54, 1.807) is 41.3 Å². The van der Waals surface area contributed by atoms with Gasteiger partial charge in [0.25, 0.3) is 11.6 Å². The Hall–Kier alpha value is -3.82. The number of nitro benzene ring substituents is 1. The number of carbonyl (C=O) groups is 1. The summed E-state index contributed by atoms with van der Waals surface area (Å²) in [7, 11) is 0. The zero-order chi connectivity index (χ0) is 19.5. The predicted octanol–water partition coefficient (Wildman–Crippen LogP) is 1.53. The van der Waals surface area contributed by atoms with Crippen molar-refractivity contribution in [3.8, 4) is 5.69 Å². The highest BCUT2D eigenvalue weighted by Crippen LogP contribution is 2.28. The van der Waals surface area contributed by atoms with Crippen LogP contribution in [0.2, 0.25) is 0 Å². The Kier molecular flexibility index (Phi) is 4.67. The molecule has 0 saturated carbocycles. The molecule has 0 bridgehead atoms. The van der Waals surface area contributed by atoms with Gasteiger partial charge in [-0.1, -0.05) is 24.3 Å². The van der Waals surface area contributed by atoms with Gasteiger partial charge in [-0.15, -0.1) is 5.10 Å². The maximum absolute atomic E-state index is 13.1. The van der Waals surface area contributed by atoms with Gasteiger partial charge in [0.1, 0.15) is 12.0 Å². The van der Waals surface area contributed by atoms with Crippen LogP contribution in [0.25, 0.3) is 5.69 Å². The summed E-state index contributed by atoms with van der Waals surface area (Å²) in [6.45, 7) is 1.97. The second-order valence-corrected chi connectivity index (χ2v) is 6.30. The van der Waals surface area contributed by atoms with Crippen molar-refractivity contribution in [2.45, 2.75) is 0 Å². The number of rotatable bonds is 4. The van der Waals surface area contributed by atoms with Crippen LogP contribution in [-0.2, 0) is 0 Å². The molecule has 0 unspecified atom stereocenters. The van der Waals surface area contributed by atoms with Crippen LogP contribution in [0.5, 0.6) is 0 Å². The van der Waals surface area contributed by atoms with Gasteiger partial charge in [0.2, 0.25) is 0 Å². The minimum Gasteiger partial charge on any atom is -0.362 e. The van der Waals surface area contributed by atoms with Crippen molar-refractivity contribution in [3.05, 3.63) is 70.5 Å². The summed E-state index contributed by atoms with van der Waals surface area (Å²) in [5.41, 5.74) is 1.77. The van der Waals surface area contributed by atoms with E-state index >= 15 is 0 Å². The van der Waals surface area contributed by atoms with Crippen molar-refractivity contribution in [1.29, 1.82) is 0 Å². The van der Waals surface area contributed by atoms with Gasteiger partial charge in [-0.25, -0.2) is 0 Å². The Morgan fingerprint density at radius 1 is 0.964 bits per heavy atom. The topological polar surface area (TPSA) is 110 Å². The van der Waals surface area contributed by atoms with Crippen LogP contribution in [0.3, 0.4) is 0 Å². The lowest BCUT2D eigenvalue weighted by atomic mass is 10.1. The lowest BCUT2D eigenvalue weighted by molar-refractivity contribution is -0.384. The molecular formula is C18H17N7O3. The Morgan fingerprint density at radius 2 is 1.64 bits per heavy atom. The standard InChI is InChI=1S/C18H17N7O3/c26-18(14-5-1-2-6-15(14)24-13-19-20-21-24)23-11-9-22(10-12-23)16-7-3-4-8-17(16)25(27)28/h1-8,13H,9-12H2. The maximum Gasteiger partial charge on any atom is 0.292 e. The molecule has 1 aliphatic heterocycles. The molecule has 0 spiro atoms. The fraction of sp³-hybridized carbons (Fsp3) is 0.222. The van der Waals surface area contributed by atoms with E-state index in [9.17, 15) is 14.9 Å². The van der Waals surface area contributed by atoms with E-state index < -0.39 is 0 Å². The molecule has 10 heteroatoms. The minimum absolute atomic E-state index is 0.0753. The molecule has 1 amide bonds. The van der Waals surface area contributed by atoms with E-state index in [1.165, 1.54) is 17.1 Å². The number of nitrogens with zero attached hydrogens (tertiary/aromatic N) is 7. The summed E-state index contributed by atoms with van der Waals surface area (Å²) in [4.78, 5) is 27.6. The zero-order valence-corrected chi connectivity index (χ0v) is 14.9. The third kappa shape index (κ3) is 3.27. The summed E-state index contributed by atoms with van der Waals surface area (Å²) >= 11 is 0. The van der Waals surface area contributed by atoms with Crippen LogP contribution in [0.15, 0.2) is 54.9 Å². The van der Waals surface area contributed by atoms with Crippen LogP contribution in [0.4, 0.5) is 11.4 Å². The summed E-state index contributed by atoms with van der Waals surface area (Å²) in [6, 6.07) is 13.8. The molecule has 28 heavy (non-hydrogen) atoms. The number of tetrazole rings is 1. The van der Waals surface area contributed by atoms with Crippen molar-refractivity contribution in [2.24, 2.45) is 0 Å². The van der Waals surface area contributed by atoms with E-state index in [2.05, 4.69) is 15.5 Å². The SMILES string of the molecule is O=C(c1ccccc1-n1cnnn1)N1CCN(c2ccccc2[N+](=O)[O-])CC1. The first-order valence-electron chi connectivity index (χ1n) is 8.75. The third-order valence-electron chi connectivity index (χ3n) is 4.72. The van der Waals surface area contributed by atoms with Crippen molar-refractivity contribution in [3.63, 3.8) is 0 Å². The van der Waals surface area contributed by atoms with Crippen molar-refractivity contribution < 1.29 is 9.72 Å². The Bertz CT molecular complexity index is 998. The quantitative estimate of drug-likeness (QED) is 0.499. The second kappa shape index (κ2) is 7.43. The number of amides is 1. The summed E-state index contributed by atoms with van der Waals surface area (Å²) in [5, 5.41) is 22.4. The normalized spacial score (nSPS) is 14.1. The van der Waals surface area contributed by atoms with Crippen molar-refractivity contribution in [2.75, 3.05) is 31.1 Å². The Morgan fingerprint density at radius 3 is 2.32 bits per heavy atom. The third-order valence-corrected chi connectivity index (χ3v) is 4.72. The highest BCUT2D eigenvalue weighted by Gasteiger charge is 2.27. The molecule has 2 heterocycles. The number of hydrogen-bond donors (Lipinski definition) is 0. The number of nitro groups is 1. The summed E-state index contributed by atoms with van der Waals surface area (Å²) in [5.74, 6) is -0.117. The van der Waals surface area contributed by atoms with E-state index in [0.29, 0.717) is 43.1 Å². The molecule has 2 aromatic carbocycles. The van der Waals surface area contributed by atoms with E-state index in [1.807, 2.05) is 11.0 Å². The maximum atomic E-state index is 13.1. The first-order chi connectivity index (χ1) is 13.6. The average molecular weight is 379 g/mol. The van der Waals surface area contributed by atoms with Crippen LogP contribution < -0.4 is 4.90 Å². The number of anilines is 1. The minimum atomic E-state index is -0.380. The van der Waals surface area contributed by atoms with Crippen molar-refractivity contribution in [1.82, 2.24) is 25.1 Å². The molecule has 3 aromatic rings. The van der Waals surface area contributed by atoms with Gasteiger partial charge in [-0.05, 0) is 28.6 Å². The number of aromatic nitrogens is 4. The van der Waals surface area contributed by atoms with Crippen LogP contribution in [0, 0.1) is 10.1 Å². The largest absolute Gasteiger partial charge is 0.362 e. The molecular weight excluding hydrogens is 362 g/mol. The summed E-state index contributed by atoms with van der Waals surface area (Å²) in [6.07, 6.45) is 1.44. The molecule has 10 nitrogen and oxygen atoms in total. The van der Waals surface area contributed by atoms with Gasteiger partial charge in [0.05, 0.1) is 16.2 Å². The molecule has 0 atom stereocenters. The number of benzene rings is 2. The molecule has 0 radical (unpaired) electrons. The van der Waals surface area contributed by atoms with E-state index in [-0.39, 0.29) is 16.5 Å². The molecule has 4 rings (SSSR count). The van der Waals surface area contributed by atoms with Crippen LogP contribution in [0.1, 0.15) is 10.4 Å². The number of para-hydroxylation sites is 3. The Labute approximate surface area is 160 Å². The molecule has 1 fully saturated rings. The van der Waals surface area contributed by atoms with Gasteiger partial charge in [-0.2, -0.15) is 4.68 Å². The molecule has 0 N–H and O–H groups in total. The molecule has 142 valence electrons. The number of piperazine rings is 1. The lowest BCUT2D eigenvalue weighted by Gasteiger charge is -2.36. The molecule has 1 aliphatic rings. The highest BCUT2D eigenvalue weighted by atomic mass is 16.6. The van der Waals surface area contributed by atoms with Crippen LogP contribution >= 0.6 is 0 Å². The smallest absolute Gasteiger partial charge is 0.292 e. The fourth-order valence-corrected chi connectivity index (χ4v) is 3.33. The van der Waals surface area contributed by atoms with Gasteiger partial charge >= 0.3 is 0 Å². The fourth-order valence-electron chi connectivity index (χ4n) is 3.33. The Balaban J connectivity index is 1.51. The molecule has 1 saturated heterocycles.